The minimum absolute atomic E-state index is 0.165. The van der Waals surface area contributed by atoms with Crippen molar-refractivity contribution in [3.05, 3.63) is 29.6 Å². The molecule has 1 N–H and O–H groups in total. The average Bonchev–Trinajstić information content (AvgIpc) is 2.37. The van der Waals surface area contributed by atoms with E-state index in [1.807, 2.05) is 6.07 Å². The third-order valence-corrected chi connectivity index (χ3v) is 3.47. The standard InChI is InChI=1S/C13H20FNO2S/c1-16-7-6-15-10-11-12(14)4-3-5-13(11)18-9-8-17-2/h3-5,15H,6-10H2,1-2H3. The van der Waals surface area contributed by atoms with Gasteiger partial charge in [-0.05, 0) is 12.1 Å². The SMILES string of the molecule is COCCNCc1c(F)cccc1SCCOC. The normalized spacial score (nSPS) is 10.8. The van der Waals surface area contributed by atoms with Gasteiger partial charge in [0.15, 0.2) is 0 Å². The van der Waals surface area contributed by atoms with Gasteiger partial charge in [0.25, 0.3) is 0 Å². The van der Waals surface area contributed by atoms with Crippen molar-refractivity contribution in [1.82, 2.24) is 5.32 Å². The molecule has 0 heterocycles. The molecule has 5 heteroatoms. The number of nitrogens with one attached hydrogen (secondary N) is 1. The van der Waals surface area contributed by atoms with Gasteiger partial charge in [0.05, 0.1) is 13.2 Å². The van der Waals surface area contributed by atoms with Crippen LogP contribution in [0.1, 0.15) is 5.56 Å². The Balaban J connectivity index is 2.56. The van der Waals surface area contributed by atoms with Crippen LogP contribution in [0.4, 0.5) is 4.39 Å². The fourth-order valence-corrected chi connectivity index (χ4v) is 2.46. The van der Waals surface area contributed by atoms with Gasteiger partial charge in [-0.15, -0.1) is 11.8 Å². The predicted molar refractivity (Wildman–Crippen MR) is 72.6 cm³/mol. The first-order valence-corrected chi connectivity index (χ1v) is 6.87. The first-order chi connectivity index (χ1) is 8.79. The third kappa shape index (κ3) is 5.35. The molecule has 0 amide bonds. The molecule has 0 bridgehead atoms. The van der Waals surface area contributed by atoms with Crippen molar-refractivity contribution in [1.29, 1.82) is 0 Å². The Labute approximate surface area is 112 Å². The Bertz CT molecular complexity index is 350. The summed E-state index contributed by atoms with van der Waals surface area (Å²) in [6, 6.07) is 5.17. The van der Waals surface area contributed by atoms with Crippen LogP contribution in [0.5, 0.6) is 0 Å². The van der Waals surface area contributed by atoms with E-state index in [2.05, 4.69) is 5.32 Å². The molecule has 3 nitrogen and oxygen atoms in total. The molecular formula is C13H20FNO2S. The maximum Gasteiger partial charge on any atom is 0.128 e. The maximum absolute atomic E-state index is 13.8. The first-order valence-electron chi connectivity index (χ1n) is 5.88. The number of hydrogen-bond donors (Lipinski definition) is 1. The zero-order valence-electron chi connectivity index (χ0n) is 10.9. The summed E-state index contributed by atoms with van der Waals surface area (Å²) in [4.78, 5) is 0.969. The van der Waals surface area contributed by atoms with Crippen LogP contribution >= 0.6 is 11.8 Å². The van der Waals surface area contributed by atoms with Crippen LogP contribution in [0.3, 0.4) is 0 Å². The lowest BCUT2D eigenvalue weighted by molar-refractivity contribution is 0.199. The number of hydrogen-bond acceptors (Lipinski definition) is 4. The van der Waals surface area contributed by atoms with Crippen molar-refractivity contribution in [2.75, 3.05) is 39.7 Å². The molecular weight excluding hydrogens is 253 g/mol. The van der Waals surface area contributed by atoms with Gasteiger partial charge in [-0.1, -0.05) is 6.07 Å². The van der Waals surface area contributed by atoms with Crippen molar-refractivity contribution >= 4 is 11.8 Å². The summed E-state index contributed by atoms with van der Waals surface area (Å²) in [5.74, 6) is 0.660. The van der Waals surface area contributed by atoms with Crippen molar-refractivity contribution in [3.8, 4) is 0 Å². The highest BCUT2D eigenvalue weighted by Crippen LogP contribution is 2.24. The number of methoxy groups -OCH3 is 2. The molecule has 0 saturated heterocycles. The van der Waals surface area contributed by atoms with Crippen LogP contribution in [0.25, 0.3) is 0 Å². The molecule has 0 radical (unpaired) electrons. The summed E-state index contributed by atoms with van der Waals surface area (Å²) in [5, 5.41) is 3.16. The highest BCUT2D eigenvalue weighted by molar-refractivity contribution is 7.99. The topological polar surface area (TPSA) is 30.5 Å². The second kappa shape index (κ2) is 9.33. The van der Waals surface area contributed by atoms with Gasteiger partial charge in [-0.3, -0.25) is 0 Å². The van der Waals surface area contributed by atoms with Gasteiger partial charge >= 0.3 is 0 Å². The fraction of sp³-hybridized carbons (Fsp3) is 0.538. The number of ether oxygens (including phenoxy) is 2. The van der Waals surface area contributed by atoms with Crippen LogP contribution in [0, 0.1) is 5.82 Å². The van der Waals surface area contributed by atoms with Gasteiger partial charge in [-0.25, -0.2) is 4.39 Å². The lowest BCUT2D eigenvalue weighted by atomic mass is 10.2. The lowest BCUT2D eigenvalue weighted by Crippen LogP contribution is -2.19. The Morgan fingerprint density at radius 3 is 2.72 bits per heavy atom. The zero-order valence-corrected chi connectivity index (χ0v) is 11.7. The van der Waals surface area contributed by atoms with E-state index in [0.717, 1.165) is 16.2 Å². The van der Waals surface area contributed by atoms with Crippen LogP contribution < -0.4 is 5.32 Å². The Hall–Kier alpha value is -0.620. The van der Waals surface area contributed by atoms with Crippen LogP contribution in [-0.4, -0.2) is 39.7 Å². The molecule has 0 atom stereocenters. The monoisotopic (exact) mass is 273 g/mol. The molecule has 0 aromatic heterocycles. The molecule has 0 unspecified atom stereocenters. The number of rotatable bonds is 9. The smallest absolute Gasteiger partial charge is 0.128 e. The second-order valence-electron chi connectivity index (χ2n) is 3.73. The number of thioether (sulfide) groups is 1. The van der Waals surface area contributed by atoms with Crippen LogP contribution in [0.2, 0.25) is 0 Å². The van der Waals surface area contributed by atoms with Crippen molar-refractivity contribution in [2.45, 2.75) is 11.4 Å². The fourth-order valence-electron chi connectivity index (χ4n) is 1.47. The number of halogens is 1. The van der Waals surface area contributed by atoms with E-state index < -0.39 is 0 Å². The molecule has 1 aromatic carbocycles. The van der Waals surface area contributed by atoms with E-state index in [-0.39, 0.29) is 5.82 Å². The molecule has 0 aliphatic rings. The molecule has 0 saturated carbocycles. The summed E-state index contributed by atoms with van der Waals surface area (Å²) < 4.78 is 23.7. The molecule has 0 spiro atoms. The highest BCUT2D eigenvalue weighted by atomic mass is 32.2. The third-order valence-electron chi connectivity index (χ3n) is 2.41. The zero-order chi connectivity index (χ0) is 13.2. The molecule has 102 valence electrons. The van der Waals surface area contributed by atoms with Gasteiger partial charge < -0.3 is 14.8 Å². The Kier molecular flexibility index (Phi) is 8.00. The summed E-state index contributed by atoms with van der Waals surface area (Å²) in [7, 11) is 3.32. The van der Waals surface area contributed by atoms with E-state index in [1.165, 1.54) is 6.07 Å². The molecule has 0 aliphatic heterocycles. The summed E-state index contributed by atoms with van der Waals surface area (Å²) in [6.07, 6.45) is 0. The Morgan fingerprint density at radius 2 is 2.00 bits per heavy atom. The van der Waals surface area contributed by atoms with Gasteiger partial charge in [0, 0.05) is 43.5 Å². The second-order valence-corrected chi connectivity index (χ2v) is 4.86. The van der Waals surface area contributed by atoms with E-state index in [4.69, 9.17) is 9.47 Å². The largest absolute Gasteiger partial charge is 0.384 e. The minimum Gasteiger partial charge on any atom is -0.384 e. The van der Waals surface area contributed by atoms with Crippen LogP contribution in [0.15, 0.2) is 23.1 Å². The summed E-state index contributed by atoms with van der Waals surface area (Å²) in [6.45, 7) is 2.52. The number of benzene rings is 1. The minimum atomic E-state index is -0.165. The predicted octanol–water partition coefficient (Wildman–Crippen LogP) is 2.30. The molecule has 18 heavy (non-hydrogen) atoms. The maximum atomic E-state index is 13.8. The van der Waals surface area contributed by atoms with Crippen LogP contribution in [-0.2, 0) is 16.0 Å². The van der Waals surface area contributed by atoms with E-state index >= 15 is 0 Å². The van der Waals surface area contributed by atoms with Crippen molar-refractivity contribution in [3.63, 3.8) is 0 Å². The van der Waals surface area contributed by atoms with Gasteiger partial charge in [-0.2, -0.15) is 0 Å². The van der Waals surface area contributed by atoms with Crippen molar-refractivity contribution < 1.29 is 13.9 Å². The summed E-state index contributed by atoms with van der Waals surface area (Å²) in [5.41, 5.74) is 0.717. The van der Waals surface area contributed by atoms with E-state index in [9.17, 15) is 4.39 Å². The first kappa shape index (κ1) is 15.4. The molecule has 1 rings (SSSR count). The Morgan fingerprint density at radius 1 is 1.22 bits per heavy atom. The van der Waals surface area contributed by atoms with E-state index in [0.29, 0.717) is 26.3 Å². The quantitative estimate of drug-likeness (QED) is 0.552. The summed E-state index contributed by atoms with van der Waals surface area (Å²) >= 11 is 1.61. The molecule has 0 aliphatic carbocycles. The lowest BCUT2D eigenvalue weighted by Gasteiger charge is -2.11. The van der Waals surface area contributed by atoms with E-state index in [1.54, 1.807) is 32.0 Å². The highest BCUT2D eigenvalue weighted by Gasteiger charge is 2.08. The molecule has 0 fully saturated rings. The molecule has 1 aromatic rings. The van der Waals surface area contributed by atoms with Crippen molar-refractivity contribution in [2.24, 2.45) is 0 Å². The average molecular weight is 273 g/mol. The van der Waals surface area contributed by atoms with Gasteiger partial charge in [0.2, 0.25) is 0 Å². The van der Waals surface area contributed by atoms with Gasteiger partial charge in [0.1, 0.15) is 5.82 Å².